The molecule has 3 aromatic rings. The molecule has 8 heteroatoms. The van der Waals surface area contributed by atoms with E-state index in [0.29, 0.717) is 32.9 Å². The van der Waals surface area contributed by atoms with Crippen molar-refractivity contribution in [2.24, 2.45) is 0 Å². The van der Waals surface area contributed by atoms with Gasteiger partial charge in [0, 0.05) is 49.1 Å². The van der Waals surface area contributed by atoms with Crippen molar-refractivity contribution in [1.29, 1.82) is 0 Å². The topological polar surface area (TPSA) is 79.9 Å². The van der Waals surface area contributed by atoms with Crippen molar-refractivity contribution in [3.05, 3.63) is 54.2 Å². The Morgan fingerprint density at radius 3 is 2.53 bits per heavy atom. The molecule has 2 aromatic heterocycles. The van der Waals surface area contributed by atoms with Crippen LogP contribution in [0, 0.1) is 0 Å². The van der Waals surface area contributed by atoms with Crippen LogP contribution < -0.4 is 4.90 Å². The Morgan fingerprint density at radius 2 is 1.82 bits per heavy atom. The Balaban J connectivity index is 1.18. The van der Waals surface area contributed by atoms with Gasteiger partial charge in [-0.05, 0) is 35.3 Å². The molecule has 0 spiro atoms. The largest absolute Gasteiger partial charge is 0.441 e. The first-order valence-corrected chi connectivity index (χ1v) is 11.9. The van der Waals surface area contributed by atoms with Gasteiger partial charge in [-0.1, -0.05) is 30.3 Å². The van der Waals surface area contributed by atoms with Crippen LogP contribution in [0.2, 0.25) is 0 Å². The van der Waals surface area contributed by atoms with Crippen LogP contribution in [0.4, 0.5) is 10.5 Å². The number of nitrogens with zero attached hydrogens (tertiary/aromatic N) is 3. The molecule has 0 bridgehead atoms. The van der Waals surface area contributed by atoms with Crippen molar-refractivity contribution in [2.75, 3.05) is 57.5 Å². The van der Waals surface area contributed by atoms with E-state index in [1.807, 2.05) is 6.20 Å². The van der Waals surface area contributed by atoms with Gasteiger partial charge in [0.15, 0.2) is 6.10 Å². The van der Waals surface area contributed by atoms with E-state index in [0.717, 1.165) is 54.1 Å². The summed E-state index contributed by atoms with van der Waals surface area (Å²) in [5, 5.41) is 1.09. The van der Waals surface area contributed by atoms with Crippen molar-refractivity contribution >= 4 is 28.4 Å². The Bertz CT molecular complexity index is 1210. The molecule has 176 valence electrons. The van der Waals surface area contributed by atoms with Crippen LogP contribution in [0.1, 0.15) is 12.0 Å². The van der Waals surface area contributed by atoms with Gasteiger partial charge < -0.3 is 29.0 Å². The Morgan fingerprint density at radius 1 is 1.03 bits per heavy atom. The van der Waals surface area contributed by atoms with Crippen LogP contribution in [-0.2, 0) is 14.2 Å². The van der Waals surface area contributed by atoms with Gasteiger partial charge in [0.05, 0.1) is 26.4 Å². The molecule has 2 fully saturated rings. The maximum Gasteiger partial charge on any atom is 0.410 e. The third-order valence-corrected chi connectivity index (χ3v) is 6.79. The summed E-state index contributed by atoms with van der Waals surface area (Å²) >= 11 is 0. The van der Waals surface area contributed by atoms with Crippen molar-refractivity contribution in [1.82, 2.24) is 14.9 Å². The number of anilines is 1. The van der Waals surface area contributed by atoms with Crippen LogP contribution in [0.15, 0.2) is 48.7 Å². The Hall–Kier alpha value is -3.36. The Labute approximate surface area is 198 Å². The molecule has 5 heterocycles. The van der Waals surface area contributed by atoms with Crippen molar-refractivity contribution in [2.45, 2.75) is 12.5 Å². The van der Waals surface area contributed by atoms with Gasteiger partial charge in [-0.2, -0.15) is 0 Å². The van der Waals surface area contributed by atoms with Crippen LogP contribution >= 0.6 is 0 Å². The summed E-state index contributed by atoms with van der Waals surface area (Å²) in [6.45, 7) is 5.27. The second-order valence-corrected chi connectivity index (χ2v) is 8.92. The fraction of sp³-hybridized carbons (Fsp3) is 0.385. The van der Waals surface area contributed by atoms with E-state index in [1.54, 1.807) is 4.90 Å². The average Bonchev–Trinajstić information content (AvgIpc) is 3.31. The molecule has 8 nitrogen and oxygen atoms in total. The van der Waals surface area contributed by atoms with Crippen LogP contribution in [0.5, 0.6) is 0 Å². The normalized spacial score (nSPS) is 19.1. The summed E-state index contributed by atoms with van der Waals surface area (Å²) in [4.78, 5) is 24.5. The predicted molar refractivity (Wildman–Crippen MR) is 130 cm³/mol. The van der Waals surface area contributed by atoms with Crippen LogP contribution in [0.3, 0.4) is 0 Å². The number of fused-ring (bicyclic) bond motifs is 1. The number of aromatic amines is 1. The smallest absolute Gasteiger partial charge is 0.410 e. The zero-order valence-electron chi connectivity index (χ0n) is 19.0. The number of amides is 1. The lowest BCUT2D eigenvalue weighted by Crippen LogP contribution is -2.51. The average molecular weight is 461 g/mol. The molecule has 0 atom stereocenters. The number of piperazine rings is 1. The summed E-state index contributed by atoms with van der Waals surface area (Å²) in [7, 11) is 0. The molecule has 1 N–H and O–H groups in total. The molecule has 34 heavy (non-hydrogen) atoms. The number of pyridine rings is 1. The number of H-pyrrole nitrogens is 1. The van der Waals surface area contributed by atoms with Gasteiger partial charge in [-0.25, -0.2) is 9.78 Å². The van der Waals surface area contributed by atoms with Gasteiger partial charge in [-0.3, -0.25) is 0 Å². The highest BCUT2D eigenvalue weighted by Gasteiger charge is 2.28. The first kappa shape index (κ1) is 21.2. The van der Waals surface area contributed by atoms with Gasteiger partial charge in [0.25, 0.3) is 0 Å². The number of hydrogen-bond acceptors (Lipinski definition) is 6. The van der Waals surface area contributed by atoms with E-state index in [9.17, 15) is 4.79 Å². The van der Waals surface area contributed by atoms with Gasteiger partial charge in [0.1, 0.15) is 5.65 Å². The molecule has 0 radical (unpaired) electrons. The van der Waals surface area contributed by atoms with E-state index in [-0.39, 0.29) is 12.2 Å². The van der Waals surface area contributed by atoms with E-state index < -0.39 is 0 Å². The number of benzene rings is 1. The fourth-order valence-corrected chi connectivity index (χ4v) is 4.73. The van der Waals surface area contributed by atoms with Crippen LogP contribution in [-0.4, -0.2) is 79.7 Å². The zero-order chi connectivity index (χ0) is 22.9. The lowest BCUT2D eigenvalue weighted by atomic mass is 9.99. The zero-order valence-corrected chi connectivity index (χ0v) is 19.0. The molecule has 6 rings (SSSR count). The third kappa shape index (κ3) is 4.15. The van der Waals surface area contributed by atoms with Crippen LogP contribution in [0.25, 0.3) is 27.9 Å². The SMILES string of the molecule is O=C(OC1COC1)N1CCN(c2ccnc3[nH]c(-c4ccc(C5=CCOCC5)cc4)cc23)CC1. The van der Waals surface area contributed by atoms with Crippen molar-refractivity contribution in [3.8, 4) is 11.3 Å². The minimum atomic E-state index is -0.239. The summed E-state index contributed by atoms with van der Waals surface area (Å²) in [5.74, 6) is 0. The molecule has 3 aliphatic rings. The molecule has 1 aromatic carbocycles. The molecule has 0 aliphatic carbocycles. The minimum absolute atomic E-state index is 0.0916. The van der Waals surface area contributed by atoms with E-state index >= 15 is 0 Å². The van der Waals surface area contributed by atoms with Gasteiger partial charge in [0.2, 0.25) is 0 Å². The second-order valence-electron chi connectivity index (χ2n) is 8.92. The summed E-state index contributed by atoms with van der Waals surface area (Å²) < 4.78 is 16.0. The molecular formula is C26H28N4O4. The lowest BCUT2D eigenvalue weighted by molar-refractivity contribution is -0.104. The highest BCUT2D eigenvalue weighted by Crippen LogP contribution is 2.32. The Kier molecular flexibility index (Phi) is 5.68. The number of ether oxygens (including phenoxy) is 3. The number of carbonyl (C=O) groups excluding carboxylic acids is 1. The highest BCUT2D eigenvalue weighted by atomic mass is 16.6. The monoisotopic (exact) mass is 460 g/mol. The summed E-state index contributed by atoms with van der Waals surface area (Å²) in [5.41, 5.74) is 6.79. The summed E-state index contributed by atoms with van der Waals surface area (Å²) in [6, 6.07) is 12.9. The molecule has 1 amide bonds. The first-order chi connectivity index (χ1) is 16.7. The van der Waals surface area contributed by atoms with Crippen molar-refractivity contribution < 1.29 is 19.0 Å². The molecule has 0 unspecified atom stereocenters. The summed E-state index contributed by atoms with van der Waals surface area (Å²) in [6.07, 6.45) is 4.64. The predicted octanol–water partition coefficient (Wildman–Crippen LogP) is 3.69. The van der Waals surface area contributed by atoms with Gasteiger partial charge >= 0.3 is 6.09 Å². The minimum Gasteiger partial charge on any atom is -0.441 e. The number of carbonyl (C=O) groups is 1. The maximum atomic E-state index is 12.3. The number of nitrogens with one attached hydrogen (secondary N) is 1. The molecule has 3 aliphatic heterocycles. The maximum absolute atomic E-state index is 12.3. The molecular weight excluding hydrogens is 432 g/mol. The van der Waals surface area contributed by atoms with E-state index in [1.165, 1.54) is 11.1 Å². The quantitative estimate of drug-likeness (QED) is 0.640. The van der Waals surface area contributed by atoms with Gasteiger partial charge in [-0.15, -0.1) is 0 Å². The second kappa shape index (κ2) is 9.12. The van der Waals surface area contributed by atoms with E-state index in [2.05, 4.69) is 57.3 Å². The first-order valence-electron chi connectivity index (χ1n) is 11.9. The highest BCUT2D eigenvalue weighted by molar-refractivity contribution is 5.94. The van der Waals surface area contributed by atoms with E-state index in [4.69, 9.17) is 14.2 Å². The number of aromatic nitrogens is 2. The number of hydrogen-bond donors (Lipinski definition) is 1. The fourth-order valence-electron chi connectivity index (χ4n) is 4.73. The van der Waals surface area contributed by atoms with Crippen molar-refractivity contribution in [3.63, 3.8) is 0 Å². The molecule has 0 saturated carbocycles. The lowest BCUT2D eigenvalue weighted by Gasteiger charge is -2.37. The third-order valence-electron chi connectivity index (χ3n) is 6.79. The number of rotatable bonds is 4. The molecule has 2 saturated heterocycles. The standard InChI is InChI=1S/C26H28N4O4/c31-26(34-21-16-33-17-21)30-11-9-29(10-12-30)24-5-8-27-25-22(24)15-23(28-25)20-3-1-18(2-4-20)19-6-13-32-14-7-19/h1-6,8,15,21H,7,9-14,16-17H2,(H,27,28).